The summed E-state index contributed by atoms with van der Waals surface area (Å²) in [6.07, 6.45) is 4.52. The van der Waals surface area contributed by atoms with E-state index in [1.165, 1.54) is 4.90 Å². The first kappa shape index (κ1) is 28.6. The summed E-state index contributed by atoms with van der Waals surface area (Å²) < 4.78 is 5.91. The third kappa shape index (κ3) is 3.98. The molecule has 3 unspecified atom stereocenters. The summed E-state index contributed by atoms with van der Waals surface area (Å²) in [7, 11) is 0. The van der Waals surface area contributed by atoms with E-state index in [4.69, 9.17) is 16.2 Å². The largest absolute Gasteiger partial charge is 0.492 e. The highest BCUT2D eigenvalue weighted by Crippen LogP contribution is 2.46. The van der Waals surface area contributed by atoms with Crippen LogP contribution in [0.15, 0.2) is 28.2 Å². The van der Waals surface area contributed by atoms with Crippen LogP contribution in [0.25, 0.3) is 0 Å². The number of nitrogens with two attached hydrogens (primary N) is 2. The van der Waals surface area contributed by atoms with Gasteiger partial charge in [-0.05, 0) is 30.7 Å². The van der Waals surface area contributed by atoms with Gasteiger partial charge in [-0.2, -0.15) is 0 Å². The Kier molecular flexibility index (Phi) is 6.31. The number of hydrogen-bond acceptors (Lipinski definition) is 12. The summed E-state index contributed by atoms with van der Waals surface area (Å²) in [6, 6.07) is 1.71. The van der Waals surface area contributed by atoms with E-state index in [1.807, 2.05) is 6.07 Å². The molecule has 2 saturated heterocycles. The van der Waals surface area contributed by atoms with Crippen molar-refractivity contribution in [2.75, 3.05) is 26.2 Å². The van der Waals surface area contributed by atoms with Crippen LogP contribution in [0.1, 0.15) is 61.9 Å². The number of para-hydroxylation sites is 1. The van der Waals surface area contributed by atoms with Gasteiger partial charge in [-0.3, -0.25) is 14.5 Å². The second-order valence-corrected chi connectivity index (χ2v) is 13.3. The monoisotopic (exact) mass is 609 g/mol. The summed E-state index contributed by atoms with van der Waals surface area (Å²) in [5.74, 6) is -3.27. The molecule has 15 heteroatoms. The number of amides is 4. The summed E-state index contributed by atoms with van der Waals surface area (Å²) in [5, 5.41) is 29.4. The van der Waals surface area contributed by atoms with E-state index in [0.29, 0.717) is 12.4 Å². The number of urea groups is 1. The minimum Gasteiger partial charge on any atom is -0.492 e. The van der Waals surface area contributed by atoms with Crippen LogP contribution in [0.3, 0.4) is 0 Å². The van der Waals surface area contributed by atoms with Crippen molar-refractivity contribution >= 4 is 29.8 Å². The van der Waals surface area contributed by atoms with Crippen molar-refractivity contribution in [3.05, 3.63) is 29.3 Å². The van der Waals surface area contributed by atoms with Crippen LogP contribution < -0.4 is 26.8 Å². The fourth-order valence-electron chi connectivity index (χ4n) is 7.85. The number of carbonyl (C=O) groups is 3. The number of nitrogens with one attached hydrogen (secondary N) is 2. The Morgan fingerprint density at radius 2 is 1.93 bits per heavy atom. The lowest BCUT2D eigenvalue weighted by molar-refractivity contribution is -0.230. The molecular formula is C29H39N9O6. The molecule has 7 rings (SSSR count). The van der Waals surface area contributed by atoms with Gasteiger partial charge < -0.3 is 46.9 Å². The number of rotatable bonds is 5. The topological polar surface area (TPSA) is 211 Å². The molecule has 1 aromatic carbocycles. The van der Waals surface area contributed by atoms with E-state index in [-0.39, 0.29) is 54.5 Å². The SMILES string of the molecule is CC1(C)CCOc2c(C(=O)NC3CN4C(N)=N[C@@H](CN5C(=O)CN(C6CCCC6)C5=O)C5N=C(N)NC54C3(O)O)cccc21. The average Bonchev–Trinajstić information content (AvgIpc) is 3.72. The summed E-state index contributed by atoms with van der Waals surface area (Å²) in [6.45, 7) is 4.30. The third-order valence-electron chi connectivity index (χ3n) is 10.3. The molecule has 0 aromatic heterocycles. The van der Waals surface area contributed by atoms with Gasteiger partial charge in [-0.25, -0.2) is 14.8 Å². The molecule has 3 fully saturated rings. The van der Waals surface area contributed by atoms with E-state index >= 15 is 0 Å². The van der Waals surface area contributed by atoms with E-state index in [0.717, 1.165) is 42.6 Å². The zero-order valence-electron chi connectivity index (χ0n) is 24.8. The van der Waals surface area contributed by atoms with Crippen molar-refractivity contribution in [3.63, 3.8) is 0 Å². The van der Waals surface area contributed by atoms with Crippen LogP contribution in [0.5, 0.6) is 5.75 Å². The van der Waals surface area contributed by atoms with Crippen LogP contribution in [-0.4, -0.2) is 117 Å². The fraction of sp³-hybridized carbons (Fsp3) is 0.621. The Balaban J connectivity index is 1.16. The summed E-state index contributed by atoms with van der Waals surface area (Å²) in [4.78, 5) is 53.2. The minimum atomic E-state index is -2.67. The highest BCUT2D eigenvalue weighted by atomic mass is 16.5. The highest BCUT2D eigenvalue weighted by molar-refractivity contribution is 6.02. The molecule has 0 radical (unpaired) electrons. The lowest BCUT2D eigenvalue weighted by Crippen LogP contribution is -2.78. The standard InChI is InChI=1S/C29H39N9O6/c1-27(2)10-11-44-21-16(8-5-9-17(21)27)23(40)33-19-13-38-25(31)32-18(22-28(38,29(19,42)43)35-24(30)34-22)12-37-20(39)14-36(26(37)41)15-6-3-4-7-15/h5,8-9,15,18-19,22,42-43H,3-4,6-7,10-14H2,1-2H3,(H2,31,32)(H,33,40)(H3,30,34,35)/t18-,19?,22?,28?/m0/s1. The first-order valence-corrected chi connectivity index (χ1v) is 15.2. The molecule has 1 spiro atoms. The quantitative estimate of drug-likeness (QED) is 0.172. The van der Waals surface area contributed by atoms with Crippen molar-refractivity contribution in [2.24, 2.45) is 21.5 Å². The van der Waals surface area contributed by atoms with Crippen molar-refractivity contribution in [1.29, 1.82) is 0 Å². The Morgan fingerprint density at radius 1 is 1.18 bits per heavy atom. The van der Waals surface area contributed by atoms with Gasteiger partial charge >= 0.3 is 6.03 Å². The number of imide groups is 1. The van der Waals surface area contributed by atoms with Crippen molar-refractivity contribution in [3.8, 4) is 5.75 Å². The van der Waals surface area contributed by atoms with Gasteiger partial charge in [0.2, 0.25) is 11.7 Å². The Bertz CT molecular complexity index is 1490. The molecule has 4 amide bonds. The molecule has 8 N–H and O–H groups in total. The summed E-state index contributed by atoms with van der Waals surface area (Å²) >= 11 is 0. The number of nitrogens with zero attached hydrogens (tertiary/aromatic N) is 5. The first-order chi connectivity index (χ1) is 20.8. The van der Waals surface area contributed by atoms with E-state index in [2.05, 4.69) is 34.5 Å². The van der Waals surface area contributed by atoms with Gasteiger partial charge in [0.25, 0.3) is 5.91 Å². The predicted octanol–water partition coefficient (Wildman–Crippen LogP) is -1.27. The molecular weight excluding hydrogens is 570 g/mol. The van der Waals surface area contributed by atoms with Crippen LogP contribution in [0, 0.1) is 0 Å². The van der Waals surface area contributed by atoms with E-state index in [9.17, 15) is 24.6 Å². The maximum absolute atomic E-state index is 13.7. The molecule has 1 aliphatic carbocycles. The van der Waals surface area contributed by atoms with Crippen molar-refractivity contribution in [1.82, 2.24) is 25.3 Å². The number of aliphatic imine (C=N–C) groups is 2. The van der Waals surface area contributed by atoms with Crippen molar-refractivity contribution in [2.45, 2.75) is 87.0 Å². The van der Waals surface area contributed by atoms with Crippen LogP contribution in [0.2, 0.25) is 0 Å². The van der Waals surface area contributed by atoms with Gasteiger partial charge in [0, 0.05) is 18.2 Å². The number of guanidine groups is 2. The van der Waals surface area contributed by atoms with Gasteiger partial charge in [0.1, 0.15) is 24.4 Å². The minimum absolute atomic E-state index is 0.0108. The normalized spacial score (nSPS) is 32.0. The Labute approximate surface area is 254 Å². The molecule has 1 saturated carbocycles. The Morgan fingerprint density at radius 3 is 2.68 bits per heavy atom. The van der Waals surface area contributed by atoms with Gasteiger partial charge in [0.05, 0.1) is 24.8 Å². The van der Waals surface area contributed by atoms with Gasteiger partial charge in [-0.15, -0.1) is 0 Å². The number of benzene rings is 1. The van der Waals surface area contributed by atoms with Crippen LogP contribution in [-0.2, 0) is 10.2 Å². The number of ether oxygens (including phenoxy) is 1. The van der Waals surface area contributed by atoms with E-state index in [1.54, 1.807) is 17.0 Å². The molecule has 0 bridgehead atoms. The zero-order chi connectivity index (χ0) is 31.2. The average molecular weight is 610 g/mol. The lowest BCUT2D eigenvalue weighted by Gasteiger charge is -2.49. The van der Waals surface area contributed by atoms with Crippen LogP contribution in [0.4, 0.5) is 4.79 Å². The predicted molar refractivity (Wildman–Crippen MR) is 157 cm³/mol. The molecule has 5 heterocycles. The molecule has 236 valence electrons. The number of fused-ring (bicyclic) bond motifs is 1. The van der Waals surface area contributed by atoms with Crippen molar-refractivity contribution < 1.29 is 29.3 Å². The third-order valence-corrected chi connectivity index (χ3v) is 10.3. The number of aliphatic hydroxyl groups is 2. The lowest BCUT2D eigenvalue weighted by atomic mass is 9.79. The van der Waals surface area contributed by atoms with Gasteiger partial charge in [0.15, 0.2) is 17.6 Å². The summed E-state index contributed by atoms with van der Waals surface area (Å²) in [5.41, 5.74) is 11.7. The second kappa shape index (κ2) is 9.69. The second-order valence-electron chi connectivity index (χ2n) is 13.3. The molecule has 5 aliphatic heterocycles. The first-order valence-electron chi connectivity index (χ1n) is 15.2. The van der Waals surface area contributed by atoms with E-state index < -0.39 is 41.5 Å². The highest BCUT2D eigenvalue weighted by Gasteiger charge is 2.73. The smallest absolute Gasteiger partial charge is 0.327 e. The fourth-order valence-corrected chi connectivity index (χ4v) is 7.85. The number of carbonyl (C=O) groups excluding carboxylic acids is 3. The van der Waals surface area contributed by atoms with Gasteiger partial charge in [-0.1, -0.05) is 38.8 Å². The zero-order valence-corrected chi connectivity index (χ0v) is 24.8. The Hall–Kier alpha value is -4.11. The molecule has 6 aliphatic rings. The number of hydrogen-bond donors (Lipinski definition) is 6. The van der Waals surface area contributed by atoms with Crippen LogP contribution >= 0.6 is 0 Å². The molecule has 15 nitrogen and oxygen atoms in total. The molecule has 1 aromatic rings. The molecule has 44 heavy (non-hydrogen) atoms. The molecule has 4 atom stereocenters. The maximum Gasteiger partial charge on any atom is 0.327 e. The maximum atomic E-state index is 13.7.